The Kier molecular flexibility index (Phi) is 5.39. The van der Waals surface area contributed by atoms with Crippen LogP contribution in [0, 0.1) is 10.1 Å². The first kappa shape index (κ1) is 16.6. The average molecular weight is 333 g/mol. The molecule has 0 aliphatic heterocycles. The lowest BCUT2D eigenvalue weighted by Crippen LogP contribution is -2.41. The molecular formula is C14H15N5O3S. The SMILES string of the molecule is COc1cc([N+](=O)[O-])ccc1N(N)N/N=C/c1ccccc1S. The number of nitro benzene ring substituents is 1. The van der Waals surface area contributed by atoms with Gasteiger partial charge in [-0.1, -0.05) is 18.2 Å². The zero-order valence-corrected chi connectivity index (χ0v) is 13.1. The molecule has 2 aromatic carbocycles. The van der Waals surface area contributed by atoms with Crippen LogP contribution in [-0.2, 0) is 0 Å². The van der Waals surface area contributed by atoms with Gasteiger partial charge in [-0.25, -0.2) is 16.5 Å². The van der Waals surface area contributed by atoms with Crippen LogP contribution in [0.4, 0.5) is 11.4 Å². The van der Waals surface area contributed by atoms with Crippen LogP contribution in [0.25, 0.3) is 0 Å². The van der Waals surface area contributed by atoms with Crippen molar-refractivity contribution < 1.29 is 9.66 Å². The van der Waals surface area contributed by atoms with Gasteiger partial charge in [-0.3, -0.25) is 10.1 Å². The van der Waals surface area contributed by atoms with Crippen molar-refractivity contribution in [3.63, 3.8) is 0 Å². The topological polar surface area (TPSA) is 106 Å². The molecule has 0 aromatic heterocycles. The summed E-state index contributed by atoms with van der Waals surface area (Å²) in [6.45, 7) is 0. The maximum absolute atomic E-state index is 10.8. The van der Waals surface area contributed by atoms with Gasteiger partial charge in [0.2, 0.25) is 0 Å². The minimum Gasteiger partial charge on any atom is -0.494 e. The van der Waals surface area contributed by atoms with Gasteiger partial charge in [-0.2, -0.15) is 5.10 Å². The number of rotatable bonds is 6. The van der Waals surface area contributed by atoms with E-state index in [1.54, 1.807) is 6.21 Å². The number of hydrazone groups is 1. The molecule has 2 rings (SSSR count). The van der Waals surface area contributed by atoms with Gasteiger partial charge in [0, 0.05) is 16.5 Å². The summed E-state index contributed by atoms with van der Waals surface area (Å²) in [6, 6.07) is 11.5. The summed E-state index contributed by atoms with van der Waals surface area (Å²) in [5.74, 6) is 6.09. The number of hydrogen-bond acceptors (Lipinski definition) is 8. The average Bonchev–Trinajstić information content (AvgIpc) is 2.55. The molecule has 0 amide bonds. The highest BCUT2D eigenvalue weighted by Gasteiger charge is 2.14. The largest absolute Gasteiger partial charge is 0.494 e. The third-order valence-corrected chi connectivity index (χ3v) is 3.35. The molecule has 0 radical (unpaired) electrons. The minimum absolute atomic E-state index is 0.0912. The van der Waals surface area contributed by atoms with Crippen molar-refractivity contribution in [2.75, 3.05) is 12.2 Å². The van der Waals surface area contributed by atoms with Crippen molar-refractivity contribution in [2.45, 2.75) is 4.90 Å². The Morgan fingerprint density at radius 2 is 2.13 bits per heavy atom. The Bertz CT molecular complexity index is 738. The molecule has 2 aromatic rings. The van der Waals surface area contributed by atoms with E-state index < -0.39 is 4.92 Å². The Hall–Kier alpha value is -2.78. The highest BCUT2D eigenvalue weighted by molar-refractivity contribution is 7.80. The van der Waals surface area contributed by atoms with Gasteiger partial charge in [0.05, 0.1) is 24.3 Å². The first-order valence-electron chi connectivity index (χ1n) is 6.47. The number of hydrazine groups is 2. The third kappa shape index (κ3) is 4.11. The van der Waals surface area contributed by atoms with Crippen LogP contribution in [0.15, 0.2) is 52.5 Å². The molecule has 0 bridgehead atoms. The van der Waals surface area contributed by atoms with E-state index in [1.165, 1.54) is 25.3 Å². The number of ether oxygens (including phenoxy) is 1. The second kappa shape index (κ2) is 7.47. The van der Waals surface area contributed by atoms with E-state index in [2.05, 4.69) is 23.3 Å². The second-order valence-electron chi connectivity index (χ2n) is 4.40. The van der Waals surface area contributed by atoms with E-state index in [1.807, 2.05) is 24.3 Å². The number of thiol groups is 1. The molecule has 3 N–H and O–H groups in total. The van der Waals surface area contributed by atoms with Crippen molar-refractivity contribution in [3.8, 4) is 5.75 Å². The van der Waals surface area contributed by atoms with Crippen molar-refractivity contribution >= 4 is 30.2 Å². The zero-order valence-electron chi connectivity index (χ0n) is 12.2. The van der Waals surface area contributed by atoms with Crippen molar-refractivity contribution in [3.05, 3.63) is 58.1 Å². The number of nitro groups is 1. The van der Waals surface area contributed by atoms with Gasteiger partial charge >= 0.3 is 0 Å². The van der Waals surface area contributed by atoms with Gasteiger partial charge in [0.1, 0.15) is 5.69 Å². The van der Waals surface area contributed by atoms with Crippen LogP contribution in [0.5, 0.6) is 5.75 Å². The molecule has 0 unspecified atom stereocenters. The predicted octanol–water partition coefficient (Wildman–Crippen LogP) is 2.11. The summed E-state index contributed by atoms with van der Waals surface area (Å²) in [4.78, 5) is 11.0. The number of nitrogens with zero attached hydrogens (tertiary/aromatic N) is 3. The highest BCUT2D eigenvalue weighted by atomic mass is 32.1. The lowest BCUT2D eigenvalue weighted by molar-refractivity contribution is -0.384. The minimum atomic E-state index is -0.512. The summed E-state index contributed by atoms with van der Waals surface area (Å²) in [7, 11) is 1.40. The van der Waals surface area contributed by atoms with Crippen LogP contribution < -0.4 is 21.2 Å². The Morgan fingerprint density at radius 3 is 2.78 bits per heavy atom. The molecule has 0 saturated heterocycles. The molecule has 120 valence electrons. The second-order valence-corrected chi connectivity index (χ2v) is 4.88. The molecule has 0 spiro atoms. The van der Waals surface area contributed by atoms with E-state index in [0.29, 0.717) is 5.69 Å². The van der Waals surface area contributed by atoms with E-state index >= 15 is 0 Å². The molecule has 9 heteroatoms. The molecule has 0 heterocycles. The number of hydrogen-bond donors (Lipinski definition) is 3. The fraction of sp³-hybridized carbons (Fsp3) is 0.0714. The maximum Gasteiger partial charge on any atom is 0.273 e. The number of nitrogens with two attached hydrogens (primary N) is 1. The molecular weight excluding hydrogens is 318 g/mol. The Labute approximate surface area is 138 Å². The van der Waals surface area contributed by atoms with Gasteiger partial charge in [-0.05, 0) is 12.1 Å². The Balaban J connectivity index is 2.13. The molecule has 0 saturated carbocycles. The summed E-state index contributed by atoms with van der Waals surface area (Å²) in [5, 5.41) is 15.9. The van der Waals surface area contributed by atoms with Crippen LogP contribution in [0.2, 0.25) is 0 Å². The smallest absolute Gasteiger partial charge is 0.273 e. The monoisotopic (exact) mass is 333 g/mol. The lowest BCUT2D eigenvalue weighted by Gasteiger charge is -2.19. The highest BCUT2D eigenvalue weighted by Crippen LogP contribution is 2.30. The van der Waals surface area contributed by atoms with Crippen molar-refractivity contribution in [1.29, 1.82) is 0 Å². The summed E-state index contributed by atoms with van der Waals surface area (Å²) >= 11 is 4.31. The van der Waals surface area contributed by atoms with E-state index in [-0.39, 0.29) is 11.4 Å². The van der Waals surface area contributed by atoms with Gasteiger partial charge in [-0.15, -0.1) is 12.6 Å². The van der Waals surface area contributed by atoms with Crippen LogP contribution in [0.1, 0.15) is 5.56 Å². The van der Waals surface area contributed by atoms with Gasteiger partial charge in [0.15, 0.2) is 5.75 Å². The standard InChI is InChI=1S/C14H15N5O3S/c1-22-13-8-11(19(20)21)6-7-12(13)18(15)17-16-9-10-4-2-3-5-14(10)23/h2-9,17,23H,15H2,1H3/b16-9+. The first-order valence-corrected chi connectivity index (χ1v) is 6.91. The fourth-order valence-electron chi connectivity index (χ4n) is 1.79. The van der Waals surface area contributed by atoms with E-state index in [4.69, 9.17) is 10.6 Å². The van der Waals surface area contributed by atoms with E-state index in [0.717, 1.165) is 15.6 Å². The fourth-order valence-corrected chi connectivity index (χ4v) is 2.01. The maximum atomic E-state index is 10.8. The molecule has 0 aliphatic carbocycles. The molecule has 0 fully saturated rings. The number of benzene rings is 2. The van der Waals surface area contributed by atoms with Crippen molar-refractivity contribution in [2.24, 2.45) is 10.9 Å². The van der Waals surface area contributed by atoms with Gasteiger partial charge in [0.25, 0.3) is 5.69 Å². The Morgan fingerprint density at radius 1 is 1.39 bits per heavy atom. The number of methoxy groups -OCH3 is 1. The molecule has 23 heavy (non-hydrogen) atoms. The van der Waals surface area contributed by atoms with Crippen LogP contribution in [-0.4, -0.2) is 18.2 Å². The third-order valence-electron chi connectivity index (χ3n) is 2.94. The first-order chi connectivity index (χ1) is 11.0. The molecule has 0 aliphatic rings. The zero-order chi connectivity index (χ0) is 16.8. The van der Waals surface area contributed by atoms with E-state index in [9.17, 15) is 10.1 Å². The quantitative estimate of drug-likeness (QED) is 0.246. The molecule has 8 nitrogen and oxygen atoms in total. The number of non-ortho nitro benzene ring substituents is 1. The van der Waals surface area contributed by atoms with Crippen LogP contribution in [0.3, 0.4) is 0 Å². The van der Waals surface area contributed by atoms with Crippen LogP contribution >= 0.6 is 12.6 Å². The summed E-state index contributed by atoms with van der Waals surface area (Å²) in [6.07, 6.45) is 1.56. The van der Waals surface area contributed by atoms with Gasteiger partial charge < -0.3 is 4.74 Å². The normalized spacial score (nSPS) is 10.6. The number of nitrogens with one attached hydrogen (secondary N) is 1. The van der Waals surface area contributed by atoms with Crippen molar-refractivity contribution in [1.82, 2.24) is 5.53 Å². The number of anilines is 1. The molecule has 0 atom stereocenters. The lowest BCUT2D eigenvalue weighted by atomic mass is 10.2. The predicted molar refractivity (Wildman–Crippen MR) is 90.7 cm³/mol. The summed E-state index contributed by atoms with van der Waals surface area (Å²) in [5.41, 5.74) is 3.71. The summed E-state index contributed by atoms with van der Waals surface area (Å²) < 4.78 is 5.11.